The van der Waals surface area contributed by atoms with Crippen LogP contribution in [0.25, 0.3) is 0 Å². The molecule has 1 unspecified atom stereocenters. The van der Waals surface area contributed by atoms with E-state index in [2.05, 4.69) is 15.2 Å². The van der Waals surface area contributed by atoms with Crippen LogP contribution >= 0.6 is 0 Å². The molecule has 0 radical (unpaired) electrons. The van der Waals surface area contributed by atoms with Gasteiger partial charge < -0.3 is 19.7 Å². The van der Waals surface area contributed by atoms with Crippen molar-refractivity contribution >= 4 is 11.6 Å². The normalized spacial score (nSPS) is 19.0. The fourth-order valence-corrected chi connectivity index (χ4v) is 3.74. The number of hydrogen-bond donors (Lipinski definition) is 2. The highest BCUT2D eigenvalue weighted by atomic mass is 16.3. The zero-order valence-electron chi connectivity index (χ0n) is 15.8. The molecular formula is C22H23N3O3. The maximum atomic E-state index is 12.4. The first-order chi connectivity index (χ1) is 13.5. The number of benzene rings is 1. The lowest BCUT2D eigenvalue weighted by atomic mass is 9.89. The lowest BCUT2D eigenvalue weighted by Crippen LogP contribution is -2.31. The lowest BCUT2D eigenvalue weighted by Gasteiger charge is -2.26. The van der Waals surface area contributed by atoms with Gasteiger partial charge in [-0.25, -0.2) is 0 Å². The van der Waals surface area contributed by atoms with Gasteiger partial charge in [-0.05, 0) is 48.7 Å². The number of nitrogens with zero attached hydrogens (tertiary/aromatic N) is 2. The number of carbonyl (C=O) groups is 1. The van der Waals surface area contributed by atoms with E-state index in [1.807, 2.05) is 37.3 Å². The lowest BCUT2D eigenvalue weighted by molar-refractivity contribution is 0.0600. The van der Waals surface area contributed by atoms with E-state index in [9.17, 15) is 9.90 Å². The third-order valence-electron chi connectivity index (χ3n) is 5.24. The molecule has 1 aromatic carbocycles. The molecule has 1 amide bonds. The maximum Gasteiger partial charge on any atom is 0.270 e. The van der Waals surface area contributed by atoms with Gasteiger partial charge in [0, 0.05) is 18.4 Å². The Bertz CT molecular complexity index is 971. The standard InChI is InChI=1S/C22H23N3O3/c1-16-5-2-3-7-19(16)22(27)9-11-25(15-22)17-8-10-23-20(13-17)21(26)24-14-18-6-4-12-28-18/h2-8,10,12-13,27H,9,11,14-15H2,1H3,(H,24,26). The van der Waals surface area contributed by atoms with Gasteiger partial charge in [0.15, 0.2) is 0 Å². The third kappa shape index (κ3) is 3.64. The van der Waals surface area contributed by atoms with Crippen molar-refractivity contribution in [2.24, 2.45) is 0 Å². The van der Waals surface area contributed by atoms with Gasteiger partial charge in [-0.2, -0.15) is 0 Å². The van der Waals surface area contributed by atoms with E-state index < -0.39 is 5.60 Å². The van der Waals surface area contributed by atoms with Crippen LogP contribution in [0.5, 0.6) is 0 Å². The summed E-state index contributed by atoms with van der Waals surface area (Å²) in [4.78, 5) is 18.7. The molecule has 0 spiro atoms. The molecule has 2 N–H and O–H groups in total. The number of aliphatic hydroxyl groups is 1. The zero-order valence-corrected chi connectivity index (χ0v) is 15.8. The summed E-state index contributed by atoms with van der Waals surface area (Å²) in [7, 11) is 0. The molecule has 1 fully saturated rings. The molecule has 0 saturated carbocycles. The van der Waals surface area contributed by atoms with E-state index in [1.165, 1.54) is 0 Å². The second-order valence-electron chi connectivity index (χ2n) is 7.18. The number of furan rings is 1. The zero-order chi connectivity index (χ0) is 19.6. The van der Waals surface area contributed by atoms with Crippen molar-refractivity contribution in [2.75, 3.05) is 18.0 Å². The van der Waals surface area contributed by atoms with Crippen molar-refractivity contribution in [2.45, 2.75) is 25.5 Å². The molecule has 2 aromatic heterocycles. The number of aromatic nitrogens is 1. The number of hydrogen-bond acceptors (Lipinski definition) is 5. The van der Waals surface area contributed by atoms with Crippen molar-refractivity contribution in [1.29, 1.82) is 0 Å². The first kappa shape index (κ1) is 18.3. The second kappa shape index (κ2) is 7.48. The van der Waals surface area contributed by atoms with E-state index in [0.717, 1.165) is 16.8 Å². The fourth-order valence-electron chi connectivity index (χ4n) is 3.74. The van der Waals surface area contributed by atoms with Crippen molar-refractivity contribution in [3.63, 3.8) is 0 Å². The van der Waals surface area contributed by atoms with Gasteiger partial charge >= 0.3 is 0 Å². The SMILES string of the molecule is Cc1ccccc1C1(O)CCN(c2ccnc(C(=O)NCc3ccco3)c2)C1. The van der Waals surface area contributed by atoms with E-state index in [0.29, 0.717) is 37.5 Å². The number of carbonyl (C=O) groups excluding carboxylic acids is 1. The third-order valence-corrected chi connectivity index (χ3v) is 5.24. The highest BCUT2D eigenvalue weighted by Crippen LogP contribution is 2.36. The minimum Gasteiger partial charge on any atom is -0.467 e. The van der Waals surface area contributed by atoms with Crippen LogP contribution in [0.15, 0.2) is 65.4 Å². The summed E-state index contributed by atoms with van der Waals surface area (Å²) < 4.78 is 5.23. The average Bonchev–Trinajstić information content (AvgIpc) is 3.37. The highest BCUT2D eigenvalue weighted by Gasteiger charge is 2.38. The Morgan fingerprint density at radius 3 is 2.93 bits per heavy atom. The van der Waals surface area contributed by atoms with Crippen LogP contribution in [0.3, 0.4) is 0 Å². The first-order valence-corrected chi connectivity index (χ1v) is 9.35. The summed E-state index contributed by atoms with van der Waals surface area (Å²) in [5, 5.41) is 14.0. The highest BCUT2D eigenvalue weighted by molar-refractivity contribution is 5.93. The van der Waals surface area contributed by atoms with Crippen LogP contribution < -0.4 is 10.2 Å². The van der Waals surface area contributed by atoms with Crippen LogP contribution in [-0.4, -0.2) is 29.1 Å². The van der Waals surface area contributed by atoms with Gasteiger partial charge in [0.25, 0.3) is 5.91 Å². The van der Waals surface area contributed by atoms with Crippen LogP contribution in [0, 0.1) is 6.92 Å². The summed E-state index contributed by atoms with van der Waals surface area (Å²) >= 11 is 0. The molecule has 1 aliphatic heterocycles. The Morgan fingerprint density at radius 1 is 1.29 bits per heavy atom. The van der Waals surface area contributed by atoms with E-state index in [1.54, 1.807) is 30.7 Å². The number of β-amino-alcohol motifs (C(OH)–C–C–N with tert-alkyl or cyclic N) is 1. The fraction of sp³-hybridized carbons (Fsp3) is 0.273. The van der Waals surface area contributed by atoms with Crippen molar-refractivity contribution < 1.29 is 14.3 Å². The van der Waals surface area contributed by atoms with E-state index in [-0.39, 0.29) is 5.91 Å². The number of pyridine rings is 1. The van der Waals surface area contributed by atoms with Gasteiger partial charge in [0.05, 0.1) is 19.4 Å². The van der Waals surface area contributed by atoms with Crippen LogP contribution in [0.2, 0.25) is 0 Å². The Kier molecular flexibility index (Phi) is 4.88. The van der Waals surface area contributed by atoms with Gasteiger partial charge in [-0.3, -0.25) is 9.78 Å². The predicted octanol–water partition coefficient (Wildman–Crippen LogP) is 3.01. The molecule has 144 valence electrons. The molecule has 1 aliphatic rings. The number of amides is 1. The van der Waals surface area contributed by atoms with Crippen LogP contribution in [-0.2, 0) is 12.1 Å². The molecule has 6 heteroatoms. The Balaban J connectivity index is 1.47. The molecule has 0 aliphatic carbocycles. The molecule has 4 rings (SSSR count). The molecule has 3 heterocycles. The van der Waals surface area contributed by atoms with Crippen molar-refractivity contribution in [1.82, 2.24) is 10.3 Å². The van der Waals surface area contributed by atoms with Gasteiger partial charge in [0.1, 0.15) is 17.1 Å². The quantitative estimate of drug-likeness (QED) is 0.715. The second-order valence-corrected chi connectivity index (χ2v) is 7.18. The molecule has 3 aromatic rings. The first-order valence-electron chi connectivity index (χ1n) is 9.35. The smallest absolute Gasteiger partial charge is 0.270 e. The number of rotatable bonds is 5. The number of nitrogens with one attached hydrogen (secondary N) is 1. The summed E-state index contributed by atoms with van der Waals surface area (Å²) in [6.45, 7) is 3.52. The van der Waals surface area contributed by atoms with Crippen LogP contribution in [0.1, 0.15) is 33.8 Å². The molecule has 28 heavy (non-hydrogen) atoms. The van der Waals surface area contributed by atoms with Gasteiger partial charge in [-0.1, -0.05) is 24.3 Å². The summed E-state index contributed by atoms with van der Waals surface area (Å²) in [5.74, 6) is 0.430. The van der Waals surface area contributed by atoms with Gasteiger partial charge in [-0.15, -0.1) is 0 Å². The molecule has 1 saturated heterocycles. The minimum absolute atomic E-state index is 0.258. The molecule has 6 nitrogen and oxygen atoms in total. The Morgan fingerprint density at radius 2 is 2.14 bits per heavy atom. The molecule has 0 bridgehead atoms. The average molecular weight is 377 g/mol. The Hall–Kier alpha value is -3.12. The maximum absolute atomic E-state index is 12.4. The monoisotopic (exact) mass is 377 g/mol. The molecule has 1 atom stereocenters. The van der Waals surface area contributed by atoms with E-state index >= 15 is 0 Å². The van der Waals surface area contributed by atoms with Crippen LogP contribution in [0.4, 0.5) is 5.69 Å². The molecular weight excluding hydrogens is 354 g/mol. The summed E-state index contributed by atoms with van der Waals surface area (Å²) in [6, 6.07) is 15.2. The topological polar surface area (TPSA) is 78.6 Å². The van der Waals surface area contributed by atoms with Crippen molar-refractivity contribution in [3.05, 3.63) is 83.6 Å². The Labute approximate surface area is 163 Å². The van der Waals surface area contributed by atoms with Crippen molar-refractivity contribution in [3.8, 4) is 0 Å². The summed E-state index contributed by atoms with van der Waals surface area (Å²) in [6.07, 6.45) is 3.84. The number of anilines is 1. The summed E-state index contributed by atoms with van der Waals surface area (Å²) in [5.41, 5.74) is 2.37. The number of aryl methyl sites for hydroxylation is 1. The minimum atomic E-state index is -0.893. The van der Waals surface area contributed by atoms with E-state index in [4.69, 9.17) is 4.42 Å². The predicted molar refractivity (Wildman–Crippen MR) is 106 cm³/mol. The largest absolute Gasteiger partial charge is 0.467 e. The van der Waals surface area contributed by atoms with Gasteiger partial charge in [0.2, 0.25) is 0 Å².